The molecule has 1 heterocycles. The number of para-hydroxylation sites is 2. The molecular weight excluding hydrogens is 281 g/mol. The van der Waals surface area contributed by atoms with Gasteiger partial charge in [-0.2, -0.15) is 0 Å². The summed E-state index contributed by atoms with van der Waals surface area (Å²) in [6, 6.07) is 13.1. The van der Waals surface area contributed by atoms with Gasteiger partial charge in [-0.3, -0.25) is 0 Å². The van der Waals surface area contributed by atoms with Crippen molar-refractivity contribution in [1.29, 1.82) is 0 Å². The predicted octanol–water partition coefficient (Wildman–Crippen LogP) is 4.62. The lowest BCUT2D eigenvalue weighted by Crippen LogP contribution is -1.81. The van der Waals surface area contributed by atoms with E-state index in [0.29, 0.717) is 16.0 Å². The second kappa shape index (κ2) is 5.03. The molecule has 19 heavy (non-hydrogen) atoms. The minimum atomic E-state index is 0.509. The molecule has 3 aromatic rings. The van der Waals surface area contributed by atoms with Crippen LogP contribution in [-0.2, 0) is 0 Å². The summed E-state index contributed by atoms with van der Waals surface area (Å²) in [5, 5.41) is 1.04. The van der Waals surface area contributed by atoms with Crippen molar-refractivity contribution in [3.05, 3.63) is 58.1 Å². The SMILES string of the molecule is Clc1ccc(/C=N/c2nc3ccccc3[nH]2)cc1Cl. The van der Waals surface area contributed by atoms with Gasteiger partial charge in [0.25, 0.3) is 0 Å². The summed E-state index contributed by atoms with van der Waals surface area (Å²) in [6.45, 7) is 0. The summed E-state index contributed by atoms with van der Waals surface area (Å²) < 4.78 is 0. The van der Waals surface area contributed by atoms with Crippen molar-refractivity contribution in [2.45, 2.75) is 0 Å². The number of imidazole rings is 1. The van der Waals surface area contributed by atoms with Crippen LogP contribution in [0.2, 0.25) is 10.0 Å². The number of nitrogens with one attached hydrogen (secondary N) is 1. The van der Waals surface area contributed by atoms with Crippen molar-refractivity contribution in [1.82, 2.24) is 9.97 Å². The maximum absolute atomic E-state index is 5.94. The first-order valence-electron chi connectivity index (χ1n) is 5.66. The van der Waals surface area contributed by atoms with Gasteiger partial charge < -0.3 is 4.98 Å². The van der Waals surface area contributed by atoms with Gasteiger partial charge >= 0.3 is 0 Å². The fourth-order valence-electron chi connectivity index (χ4n) is 1.73. The summed E-state index contributed by atoms with van der Waals surface area (Å²) in [7, 11) is 0. The Morgan fingerprint density at radius 3 is 2.68 bits per heavy atom. The average Bonchev–Trinajstić information content (AvgIpc) is 2.83. The fraction of sp³-hybridized carbons (Fsp3) is 0. The molecule has 0 aliphatic heterocycles. The highest BCUT2D eigenvalue weighted by atomic mass is 35.5. The Morgan fingerprint density at radius 1 is 1.05 bits per heavy atom. The van der Waals surface area contributed by atoms with Crippen LogP contribution in [0.3, 0.4) is 0 Å². The highest BCUT2D eigenvalue weighted by Gasteiger charge is 2.00. The lowest BCUT2D eigenvalue weighted by Gasteiger charge is -1.96. The molecule has 0 spiro atoms. The Labute approximate surface area is 119 Å². The van der Waals surface area contributed by atoms with E-state index in [9.17, 15) is 0 Å². The van der Waals surface area contributed by atoms with Gasteiger partial charge in [-0.05, 0) is 29.8 Å². The highest BCUT2D eigenvalue weighted by molar-refractivity contribution is 6.42. The van der Waals surface area contributed by atoms with Crippen LogP contribution in [0.4, 0.5) is 5.95 Å². The summed E-state index contributed by atoms with van der Waals surface area (Å²) >= 11 is 11.8. The zero-order valence-corrected chi connectivity index (χ0v) is 11.3. The molecule has 0 unspecified atom stereocenters. The molecule has 1 aromatic heterocycles. The first-order chi connectivity index (χ1) is 9.22. The molecule has 2 aromatic carbocycles. The molecule has 0 aliphatic carbocycles. The molecule has 0 aliphatic rings. The van der Waals surface area contributed by atoms with Crippen LogP contribution >= 0.6 is 23.2 Å². The summed E-state index contributed by atoms with van der Waals surface area (Å²) in [5.41, 5.74) is 2.72. The molecule has 3 nitrogen and oxygen atoms in total. The number of halogens is 2. The number of aromatic nitrogens is 2. The van der Waals surface area contributed by atoms with E-state index in [4.69, 9.17) is 23.2 Å². The lowest BCUT2D eigenvalue weighted by atomic mass is 10.2. The van der Waals surface area contributed by atoms with E-state index in [1.165, 1.54) is 0 Å². The zero-order chi connectivity index (χ0) is 13.2. The minimum absolute atomic E-state index is 0.509. The maximum Gasteiger partial charge on any atom is 0.227 e. The second-order valence-electron chi connectivity index (χ2n) is 4.01. The van der Waals surface area contributed by atoms with Crippen LogP contribution in [0.25, 0.3) is 11.0 Å². The molecule has 0 radical (unpaired) electrons. The molecule has 94 valence electrons. The molecule has 1 N–H and O–H groups in total. The van der Waals surface area contributed by atoms with Gasteiger partial charge in [-0.15, -0.1) is 0 Å². The first-order valence-corrected chi connectivity index (χ1v) is 6.42. The van der Waals surface area contributed by atoms with E-state index >= 15 is 0 Å². The first kappa shape index (κ1) is 12.2. The number of H-pyrrole nitrogens is 1. The third-order valence-electron chi connectivity index (χ3n) is 2.66. The Kier molecular flexibility index (Phi) is 3.23. The van der Waals surface area contributed by atoms with E-state index < -0.39 is 0 Å². The molecule has 5 heteroatoms. The molecular formula is C14H9Cl2N3. The third-order valence-corrected chi connectivity index (χ3v) is 3.40. The smallest absolute Gasteiger partial charge is 0.227 e. The Hall–Kier alpha value is -1.84. The van der Waals surface area contributed by atoms with Crippen molar-refractivity contribution < 1.29 is 0 Å². The molecule has 0 bridgehead atoms. The zero-order valence-electron chi connectivity index (χ0n) is 9.77. The van der Waals surface area contributed by atoms with E-state index in [-0.39, 0.29) is 0 Å². The minimum Gasteiger partial charge on any atom is -0.322 e. The average molecular weight is 290 g/mol. The van der Waals surface area contributed by atoms with Crippen molar-refractivity contribution in [3.63, 3.8) is 0 Å². The number of nitrogens with zero attached hydrogens (tertiary/aromatic N) is 2. The lowest BCUT2D eigenvalue weighted by molar-refractivity contribution is 1.27. The fourth-order valence-corrected chi connectivity index (χ4v) is 2.04. The number of hydrogen-bond acceptors (Lipinski definition) is 2. The van der Waals surface area contributed by atoms with Crippen LogP contribution < -0.4 is 0 Å². The van der Waals surface area contributed by atoms with Gasteiger partial charge in [-0.1, -0.05) is 41.4 Å². The number of hydrogen-bond donors (Lipinski definition) is 1. The third kappa shape index (κ3) is 2.62. The van der Waals surface area contributed by atoms with Crippen LogP contribution in [0.15, 0.2) is 47.5 Å². The van der Waals surface area contributed by atoms with Crippen molar-refractivity contribution in [2.75, 3.05) is 0 Å². The molecule has 0 amide bonds. The van der Waals surface area contributed by atoms with Crippen molar-refractivity contribution >= 4 is 46.4 Å². The standard InChI is InChI=1S/C14H9Cl2N3/c15-10-6-5-9(7-11(10)16)8-17-14-18-12-3-1-2-4-13(12)19-14/h1-8H,(H,18,19)/b17-8+. The summed E-state index contributed by atoms with van der Waals surface area (Å²) in [5.74, 6) is 0.562. The number of aliphatic imine (C=N–C) groups is 1. The van der Waals surface area contributed by atoms with Gasteiger partial charge in [-0.25, -0.2) is 9.98 Å². The number of fused-ring (bicyclic) bond motifs is 1. The Morgan fingerprint density at radius 2 is 1.89 bits per heavy atom. The Balaban J connectivity index is 1.91. The maximum atomic E-state index is 5.94. The topological polar surface area (TPSA) is 41.0 Å². The molecule has 3 rings (SSSR count). The highest BCUT2D eigenvalue weighted by Crippen LogP contribution is 2.22. The normalized spacial score (nSPS) is 11.5. The van der Waals surface area contributed by atoms with Gasteiger partial charge in [0.15, 0.2) is 0 Å². The molecule has 0 fully saturated rings. The number of benzene rings is 2. The largest absolute Gasteiger partial charge is 0.322 e. The van der Waals surface area contributed by atoms with Gasteiger partial charge in [0.2, 0.25) is 5.95 Å². The number of aromatic amines is 1. The van der Waals surface area contributed by atoms with E-state index in [2.05, 4.69) is 15.0 Å². The van der Waals surface area contributed by atoms with Gasteiger partial charge in [0, 0.05) is 6.21 Å². The van der Waals surface area contributed by atoms with Gasteiger partial charge in [0.05, 0.1) is 21.1 Å². The van der Waals surface area contributed by atoms with E-state index in [0.717, 1.165) is 16.6 Å². The monoisotopic (exact) mass is 289 g/mol. The molecule has 0 saturated carbocycles. The predicted molar refractivity (Wildman–Crippen MR) is 79.8 cm³/mol. The van der Waals surface area contributed by atoms with Crippen LogP contribution in [-0.4, -0.2) is 16.2 Å². The van der Waals surface area contributed by atoms with E-state index in [1.807, 2.05) is 30.3 Å². The number of rotatable bonds is 2. The van der Waals surface area contributed by atoms with Crippen molar-refractivity contribution in [3.8, 4) is 0 Å². The van der Waals surface area contributed by atoms with Crippen LogP contribution in [0.5, 0.6) is 0 Å². The second-order valence-corrected chi connectivity index (χ2v) is 4.82. The quantitative estimate of drug-likeness (QED) is 0.687. The van der Waals surface area contributed by atoms with Crippen LogP contribution in [0.1, 0.15) is 5.56 Å². The summed E-state index contributed by atoms with van der Waals surface area (Å²) in [6.07, 6.45) is 1.69. The Bertz CT molecular complexity index is 729. The molecule has 0 saturated heterocycles. The summed E-state index contributed by atoms with van der Waals surface area (Å²) in [4.78, 5) is 11.8. The van der Waals surface area contributed by atoms with Crippen LogP contribution in [0, 0.1) is 0 Å². The van der Waals surface area contributed by atoms with Gasteiger partial charge in [0.1, 0.15) is 0 Å². The molecule has 0 atom stereocenters. The van der Waals surface area contributed by atoms with Crippen molar-refractivity contribution in [2.24, 2.45) is 4.99 Å². The van der Waals surface area contributed by atoms with E-state index in [1.54, 1.807) is 18.3 Å².